The zero-order valence-corrected chi connectivity index (χ0v) is 15.7. The fourth-order valence-electron chi connectivity index (χ4n) is 2.88. The Kier molecular flexibility index (Phi) is 5.23. The van der Waals surface area contributed by atoms with E-state index in [-0.39, 0.29) is 12.3 Å². The summed E-state index contributed by atoms with van der Waals surface area (Å²) in [5.74, 6) is -0.764. The highest BCUT2D eigenvalue weighted by atomic mass is 32.1. The summed E-state index contributed by atoms with van der Waals surface area (Å²) in [4.78, 5) is 10.7. The summed E-state index contributed by atoms with van der Waals surface area (Å²) in [5.41, 5.74) is 10.0. The van der Waals surface area contributed by atoms with E-state index in [1.165, 1.54) is 0 Å². The lowest BCUT2D eigenvalue weighted by Crippen LogP contribution is -2.10. The molecule has 0 aliphatic carbocycles. The highest BCUT2D eigenvalue weighted by molar-refractivity contribution is 7.71. The number of aliphatic carboxylic acids is 1. The second-order valence-electron chi connectivity index (χ2n) is 6.28. The summed E-state index contributed by atoms with van der Waals surface area (Å²) in [7, 11) is 1.91. The number of aromatic nitrogens is 2. The van der Waals surface area contributed by atoms with Crippen LogP contribution in [-0.2, 0) is 18.3 Å². The van der Waals surface area contributed by atoms with Gasteiger partial charge in [0.2, 0.25) is 0 Å². The quantitative estimate of drug-likeness (QED) is 0.346. The highest BCUT2D eigenvalue weighted by Gasteiger charge is 2.10. The molecule has 0 radical (unpaired) electrons. The molecule has 0 fully saturated rings. The summed E-state index contributed by atoms with van der Waals surface area (Å²) in [6.45, 7) is 0. The van der Waals surface area contributed by atoms with E-state index in [0.717, 1.165) is 22.5 Å². The van der Waals surface area contributed by atoms with Gasteiger partial charge in [0.1, 0.15) is 5.84 Å². The minimum Gasteiger partial charge on any atom is -0.481 e. The maximum atomic E-state index is 10.7. The van der Waals surface area contributed by atoms with Gasteiger partial charge in [-0.25, -0.2) is 0 Å². The van der Waals surface area contributed by atoms with Gasteiger partial charge in [-0.1, -0.05) is 36.4 Å². The molecular formula is C20H20N4O2S. The molecule has 138 valence electrons. The molecule has 3 aromatic rings. The van der Waals surface area contributed by atoms with Gasteiger partial charge in [0.25, 0.3) is 0 Å². The standard InChI is InChI=1S/C20H20N4O2S/c1-23-17(14-5-7-15(8-6-14)19(21)22)12-24(20(23)27)16-9-2-13(3-10-16)4-11-18(25)26/h2-3,5-10,12H,4,11H2,1H3,(H3,21,22)(H,25,26). The SMILES string of the molecule is Cn1c(-c2ccc(C(=N)N)cc2)cn(-c2ccc(CCC(=O)O)cc2)c1=S. The van der Waals surface area contributed by atoms with Gasteiger partial charge in [0.05, 0.1) is 5.69 Å². The number of hydrogen-bond donors (Lipinski definition) is 3. The third-order valence-electron chi connectivity index (χ3n) is 4.44. The predicted molar refractivity (Wildman–Crippen MR) is 108 cm³/mol. The fraction of sp³-hybridized carbons (Fsp3) is 0.150. The Labute approximate surface area is 162 Å². The van der Waals surface area contributed by atoms with Crippen molar-refractivity contribution >= 4 is 24.0 Å². The molecule has 1 heterocycles. The van der Waals surface area contributed by atoms with E-state index in [9.17, 15) is 4.79 Å². The second-order valence-corrected chi connectivity index (χ2v) is 6.64. The number of carboxylic acid groups (broad SMARTS) is 1. The summed E-state index contributed by atoms with van der Waals surface area (Å²) < 4.78 is 4.50. The molecule has 0 spiro atoms. The minimum absolute atomic E-state index is 0.0374. The van der Waals surface area contributed by atoms with Crippen molar-refractivity contribution in [2.24, 2.45) is 12.8 Å². The largest absolute Gasteiger partial charge is 0.481 e. The Hall–Kier alpha value is -3.19. The van der Waals surface area contributed by atoms with E-state index >= 15 is 0 Å². The van der Waals surface area contributed by atoms with Crippen LogP contribution in [0.2, 0.25) is 0 Å². The zero-order chi connectivity index (χ0) is 19.6. The molecule has 0 saturated carbocycles. The van der Waals surface area contributed by atoms with Crippen molar-refractivity contribution < 1.29 is 9.90 Å². The first kappa shape index (κ1) is 18.6. The molecule has 0 bridgehead atoms. The van der Waals surface area contributed by atoms with E-state index in [2.05, 4.69) is 0 Å². The summed E-state index contributed by atoms with van der Waals surface area (Å²) in [5, 5.41) is 16.3. The van der Waals surface area contributed by atoms with E-state index < -0.39 is 5.97 Å². The van der Waals surface area contributed by atoms with Crippen molar-refractivity contribution in [2.75, 3.05) is 0 Å². The highest BCUT2D eigenvalue weighted by Crippen LogP contribution is 2.23. The molecule has 0 atom stereocenters. The summed E-state index contributed by atoms with van der Waals surface area (Å²) >= 11 is 5.58. The van der Waals surface area contributed by atoms with Crippen molar-refractivity contribution in [3.05, 3.63) is 70.6 Å². The van der Waals surface area contributed by atoms with Crippen molar-refractivity contribution in [1.29, 1.82) is 5.41 Å². The van der Waals surface area contributed by atoms with E-state index in [0.29, 0.717) is 16.8 Å². The molecule has 0 amide bonds. The first-order valence-electron chi connectivity index (χ1n) is 8.41. The molecule has 0 aliphatic rings. The molecule has 1 aromatic heterocycles. The number of imidazole rings is 1. The summed E-state index contributed by atoms with van der Waals surface area (Å²) in [6, 6.07) is 15.2. The normalized spacial score (nSPS) is 10.7. The Morgan fingerprint density at radius 3 is 2.33 bits per heavy atom. The van der Waals surface area contributed by atoms with Crippen molar-refractivity contribution in [1.82, 2.24) is 9.13 Å². The van der Waals surface area contributed by atoms with E-state index in [1.54, 1.807) is 0 Å². The molecule has 6 nitrogen and oxygen atoms in total. The van der Waals surface area contributed by atoms with Gasteiger partial charge in [-0.05, 0) is 41.9 Å². The van der Waals surface area contributed by atoms with Crippen molar-refractivity contribution in [3.63, 3.8) is 0 Å². The van der Waals surface area contributed by atoms with Crippen molar-refractivity contribution in [2.45, 2.75) is 12.8 Å². The Morgan fingerprint density at radius 2 is 1.78 bits per heavy atom. The number of amidine groups is 1. The maximum Gasteiger partial charge on any atom is 0.303 e. The molecule has 3 rings (SSSR count). The van der Waals surface area contributed by atoms with E-state index in [4.69, 9.17) is 28.5 Å². The Bertz CT molecular complexity index is 1050. The number of carboxylic acids is 1. The first-order chi connectivity index (χ1) is 12.9. The monoisotopic (exact) mass is 380 g/mol. The number of carbonyl (C=O) groups is 1. The third kappa shape index (κ3) is 3.98. The fourth-order valence-corrected chi connectivity index (χ4v) is 3.13. The Morgan fingerprint density at radius 1 is 1.15 bits per heavy atom. The van der Waals surface area contributed by atoms with Gasteiger partial charge in [0, 0.05) is 30.9 Å². The van der Waals surface area contributed by atoms with Crippen LogP contribution in [0.5, 0.6) is 0 Å². The van der Waals surface area contributed by atoms with Crippen LogP contribution in [0.25, 0.3) is 16.9 Å². The van der Waals surface area contributed by atoms with Crippen molar-refractivity contribution in [3.8, 4) is 16.9 Å². The van der Waals surface area contributed by atoms with Gasteiger partial charge in [-0.2, -0.15) is 0 Å². The van der Waals surface area contributed by atoms with Crippen LogP contribution in [0.3, 0.4) is 0 Å². The van der Waals surface area contributed by atoms with Gasteiger partial charge in [0.15, 0.2) is 4.77 Å². The number of benzene rings is 2. The molecule has 2 aromatic carbocycles. The third-order valence-corrected chi connectivity index (χ3v) is 4.91. The van der Waals surface area contributed by atoms with Crippen LogP contribution in [-0.4, -0.2) is 26.0 Å². The number of nitrogens with zero attached hydrogens (tertiary/aromatic N) is 2. The minimum atomic E-state index is -0.801. The second kappa shape index (κ2) is 7.59. The van der Waals surface area contributed by atoms with Crippen LogP contribution >= 0.6 is 12.2 Å². The van der Waals surface area contributed by atoms with Gasteiger partial charge >= 0.3 is 5.97 Å². The van der Waals surface area contributed by atoms with Crippen LogP contribution in [0.15, 0.2) is 54.7 Å². The average Bonchev–Trinajstić information content (AvgIpc) is 2.96. The van der Waals surface area contributed by atoms with Gasteiger partial charge in [-0.15, -0.1) is 0 Å². The molecule has 0 unspecified atom stereocenters. The van der Waals surface area contributed by atoms with Gasteiger partial charge in [-0.3, -0.25) is 14.8 Å². The predicted octanol–water partition coefficient (Wildman–Crippen LogP) is 3.51. The number of hydrogen-bond acceptors (Lipinski definition) is 3. The smallest absolute Gasteiger partial charge is 0.303 e. The van der Waals surface area contributed by atoms with Crippen LogP contribution in [0, 0.1) is 10.2 Å². The average molecular weight is 380 g/mol. The Balaban J connectivity index is 1.92. The number of nitrogen functional groups attached to an aromatic ring is 1. The molecule has 27 heavy (non-hydrogen) atoms. The van der Waals surface area contributed by atoms with Crippen LogP contribution < -0.4 is 5.73 Å². The number of nitrogens with one attached hydrogen (secondary N) is 1. The number of rotatable bonds is 6. The lowest BCUT2D eigenvalue weighted by Gasteiger charge is -2.04. The molecule has 7 heteroatoms. The lowest BCUT2D eigenvalue weighted by molar-refractivity contribution is -0.136. The molecule has 0 aliphatic heterocycles. The zero-order valence-electron chi connectivity index (χ0n) is 14.8. The molecule has 0 saturated heterocycles. The number of nitrogens with two attached hydrogens (primary N) is 1. The van der Waals surface area contributed by atoms with Crippen LogP contribution in [0.1, 0.15) is 17.5 Å². The molecule has 4 N–H and O–H groups in total. The van der Waals surface area contributed by atoms with E-state index in [1.807, 2.05) is 70.9 Å². The van der Waals surface area contributed by atoms with Crippen LogP contribution in [0.4, 0.5) is 0 Å². The summed E-state index contributed by atoms with van der Waals surface area (Å²) in [6.07, 6.45) is 2.59. The maximum absolute atomic E-state index is 10.7. The topological polar surface area (TPSA) is 97.0 Å². The number of aryl methyl sites for hydroxylation is 1. The molecular weight excluding hydrogens is 360 g/mol. The lowest BCUT2D eigenvalue weighted by atomic mass is 10.1. The first-order valence-corrected chi connectivity index (χ1v) is 8.82. The van der Waals surface area contributed by atoms with Gasteiger partial charge < -0.3 is 15.4 Å².